The maximum Gasteiger partial charge on any atom is 0.221 e. The molecule has 1 heterocycles. The normalized spacial score (nSPS) is 23.4. The van der Waals surface area contributed by atoms with E-state index in [-0.39, 0.29) is 12.0 Å². The SMILES string of the molecule is COC(C)CNC(=O)CC1CCCN1. The van der Waals surface area contributed by atoms with Gasteiger partial charge in [0, 0.05) is 26.1 Å². The molecule has 0 aromatic heterocycles. The summed E-state index contributed by atoms with van der Waals surface area (Å²) in [6.07, 6.45) is 2.99. The Morgan fingerprint density at radius 2 is 2.50 bits per heavy atom. The first kappa shape index (κ1) is 11.5. The van der Waals surface area contributed by atoms with E-state index in [1.54, 1.807) is 7.11 Å². The minimum absolute atomic E-state index is 0.0930. The van der Waals surface area contributed by atoms with E-state index < -0.39 is 0 Å². The van der Waals surface area contributed by atoms with Gasteiger partial charge in [-0.15, -0.1) is 0 Å². The number of carbonyl (C=O) groups is 1. The van der Waals surface area contributed by atoms with Crippen molar-refractivity contribution in [2.75, 3.05) is 20.2 Å². The van der Waals surface area contributed by atoms with Crippen LogP contribution >= 0.6 is 0 Å². The zero-order chi connectivity index (χ0) is 10.4. The van der Waals surface area contributed by atoms with Crippen LogP contribution in [0.1, 0.15) is 26.2 Å². The molecule has 4 heteroatoms. The number of ether oxygens (including phenoxy) is 1. The third kappa shape index (κ3) is 4.07. The zero-order valence-electron chi connectivity index (χ0n) is 9.01. The minimum Gasteiger partial charge on any atom is -0.380 e. The molecule has 0 spiro atoms. The molecule has 1 aliphatic heterocycles. The van der Waals surface area contributed by atoms with Crippen LogP contribution in [0, 0.1) is 0 Å². The highest BCUT2D eigenvalue weighted by atomic mass is 16.5. The first-order chi connectivity index (χ1) is 6.72. The lowest BCUT2D eigenvalue weighted by Gasteiger charge is -2.13. The highest BCUT2D eigenvalue weighted by Crippen LogP contribution is 2.07. The molecule has 2 unspecified atom stereocenters. The zero-order valence-corrected chi connectivity index (χ0v) is 9.01. The Hall–Kier alpha value is -0.610. The fourth-order valence-corrected chi connectivity index (χ4v) is 1.57. The van der Waals surface area contributed by atoms with E-state index in [4.69, 9.17) is 4.74 Å². The van der Waals surface area contributed by atoms with Gasteiger partial charge in [-0.25, -0.2) is 0 Å². The van der Waals surface area contributed by atoms with Crippen molar-refractivity contribution in [2.45, 2.75) is 38.3 Å². The Morgan fingerprint density at radius 3 is 3.07 bits per heavy atom. The molecule has 14 heavy (non-hydrogen) atoms. The molecule has 82 valence electrons. The van der Waals surface area contributed by atoms with Crippen LogP contribution in [0.5, 0.6) is 0 Å². The van der Waals surface area contributed by atoms with Crippen LogP contribution < -0.4 is 10.6 Å². The van der Waals surface area contributed by atoms with E-state index in [1.807, 2.05) is 6.92 Å². The predicted octanol–water partition coefficient (Wildman–Crippen LogP) is 0.280. The van der Waals surface area contributed by atoms with Crippen molar-refractivity contribution in [2.24, 2.45) is 0 Å². The van der Waals surface area contributed by atoms with Gasteiger partial charge in [-0.1, -0.05) is 0 Å². The third-order valence-corrected chi connectivity index (χ3v) is 2.58. The lowest BCUT2D eigenvalue weighted by atomic mass is 10.1. The Labute approximate surface area is 85.4 Å². The summed E-state index contributed by atoms with van der Waals surface area (Å²) in [5.74, 6) is 0.119. The van der Waals surface area contributed by atoms with Gasteiger partial charge in [0.2, 0.25) is 5.91 Å². The monoisotopic (exact) mass is 200 g/mol. The Kier molecular flexibility index (Phi) is 4.90. The number of amides is 1. The molecule has 0 radical (unpaired) electrons. The van der Waals surface area contributed by atoms with Crippen molar-refractivity contribution in [1.82, 2.24) is 10.6 Å². The van der Waals surface area contributed by atoms with Crippen LogP contribution in [0.25, 0.3) is 0 Å². The molecule has 1 rings (SSSR count). The van der Waals surface area contributed by atoms with Crippen LogP contribution in [0.3, 0.4) is 0 Å². The molecule has 1 fully saturated rings. The van der Waals surface area contributed by atoms with Crippen molar-refractivity contribution in [1.29, 1.82) is 0 Å². The van der Waals surface area contributed by atoms with Crippen molar-refractivity contribution in [3.05, 3.63) is 0 Å². The van der Waals surface area contributed by atoms with Crippen LogP contribution in [0.15, 0.2) is 0 Å². The number of methoxy groups -OCH3 is 1. The van der Waals surface area contributed by atoms with Gasteiger partial charge in [-0.05, 0) is 26.3 Å². The first-order valence-electron chi connectivity index (χ1n) is 5.25. The van der Waals surface area contributed by atoms with E-state index in [0.29, 0.717) is 19.0 Å². The van der Waals surface area contributed by atoms with Crippen molar-refractivity contribution >= 4 is 5.91 Å². The van der Waals surface area contributed by atoms with E-state index in [2.05, 4.69) is 10.6 Å². The third-order valence-electron chi connectivity index (χ3n) is 2.58. The van der Waals surface area contributed by atoms with Crippen LogP contribution in [0.2, 0.25) is 0 Å². The molecule has 2 atom stereocenters. The van der Waals surface area contributed by atoms with Gasteiger partial charge in [0.15, 0.2) is 0 Å². The van der Waals surface area contributed by atoms with Crippen LogP contribution in [0.4, 0.5) is 0 Å². The highest BCUT2D eigenvalue weighted by molar-refractivity contribution is 5.76. The maximum absolute atomic E-state index is 11.4. The molecule has 1 aliphatic rings. The molecular weight excluding hydrogens is 180 g/mol. The molecule has 2 N–H and O–H groups in total. The standard InChI is InChI=1S/C10H20N2O2/c1-8(14-2)7-12-10(13)6-9-4-3-5-11-9/h8-9,11H,3-7H2,1-2H3,(H,12,13). The molecule has 0 bridgehead atoms. The molecule has 0 saturated carbocycles. The van der Waals surface area contributed by atoms with Gasteiger partial charge < -0.3 is 15.4 Å². The summed E-state index contributed by atoms with van der Waals surface area (Å²) in [7, 11) is 1.65. The van der Waals surface area contributed by atoms with E-state index >= 15 is 0 Å². The Morgan fingerprint density at radius 1 is 1.71 bits per heavy atom. The predicted molar refractivity (Wildman–Crippen MR) is 55.1 cm³/mol. The van der Waals surface area contributed by atoms with Crippen LogP contribution in [-0.2, 0) is 9.53 Å². The first-order valence-corrected chi connectivity index (χ1v) is 5.25. The molecular formula is C10H20N2O2. The molecule has 1 amide bonds. The molecule has 0 aromatic carbocycles. The average Bonchev–Trinajstić information content (AvgIpc) is 2.66. The van der Waals surface area contributed by atoms with Crippen molar-refractivity contribution < 1.29 is 9.53 Å². The van der Waals surface area contributed by atoms with Gasteiger partial charge in [-0.2, -0.15) is 0 Å². The molecule has 1 saturated heterocycles. The van der Waals surface area contributed by atoms with Gasteiger partial charge in [0.25, 0.3) is 0 Å². The van der Waals surface area contributed by atoms with Gasteiger partial charge >= 0.3 is 0 Å². The van der Waals surface area contributed by atoms with Gasteiger partial charge in [0.1, 0.15) is 0 Å². The maximum atomic E-state index is 11.4. The van der Waals surface area contributed by atoms with Crippen molar-refractivity contribution in [3.63, 3.8) is 0 Å². The Balaban J connectivity index is 2.09. The summed E-state index contributed by atoms with van der Waals surface area (Å²) in [5.41, 5.74) is 0. The highest BCUT2D eigenvalue weighted by Gasteiger charge is 2.17. The summed E-state index contributed by atoms with van der Waals surface area (Å²) in [6.45, 7) is 3.59. The van der Waals surface area contributed by atoms with E-state index in [9.17, 15) is 4.79 Å². The minimum atomic E-state index is 0.0930. The van der Waals surface area contributed by atoms with Gasteiger partial charge in [0.05, 0.1) is 6.10 Å². The summed E-state index contributed by atoms with van der Waals surface area (Å²) < 4.78 is 5.04. The van der Waals surface area contributed by atoms with E-state index in [0.717, 1.165) is 13.0 Å². The summed E-state index contributed by atoms with van der Waals surface area (Å²) in [4.78, 5) is 11.4. The number of rotatable bonds is 5. The number of hydrogen-bond acceptors (Lipinski definition) is 3. The molecule has 0 aromatic rings. The average molecular weight is 200 g/mol. The van der Waals surface area contributed by atoms with Crippen LogP contribution in [-0.4, -0.2) is 38.3 Å². The quantitative estimate of drug-likeness (QED) is 0.670. The molecule has 4 nitrogen and oxygen atoms in total. The fraction of sp³-hybridized carbons (Fsp3) is 0.900. The second kappa shape index (κ2) is 5.98. The lowest BCUT2D eigenvalue weighted by Crippen LogP contribution is -2.35. The largest absolute Gasteiger partial charge is 0.380 e. The van der Waals surface area contributed by atoms with Crippen molar-refractivity contribution in [3.8, 4) is 0 Å². The topological polar surface area (TPSA) is 50.4 Å². The summed E-state index contributed by atoms with van der Waals surface area (Å²) >= 11 is 0. The summed E-state index contributed by atoms with van der Waals surface area (Å²) in [6, 6.07) is 0.382. The fourth-order valence-electron chi connectivity index (χ4n) is 1.57. The van der Waals surface area contributed by atoms with Gasteiger partial charge in [-0.3, -0.25) is 4.79 Å². The summed E-state index contributed by atoms with van der Waals surface area (Å²) in [5, 5.41) is 6.15. The smallest absolute Gasteiger partial charge is 0.221 e. The second-order valence-electron chi connectivity index (χ2n) is 3.85. The molecule has 0 aliphatic carbocycles. The second-order valence-corrected chi connectivity index (χ2v) is 3.85. The number of nitrogens with one attached hydrogen (secondary N) is 2. The number of hydrogen-bond donors (Lipinski definition) is 2. The Bertz CT molecular complexity index is 179. The van der Waals surface area contributed by atoms with E-state index in [1.165, 1.54) is 6.42 Å². The lowest BCUT2D eigenvalue weighted by molar-refractivity contribution is -0.122. The number of carbonyl (C=O) groups excluding carboxylic acids is 1.